The summed E-state index contributed by atoms with van der Waals surface area (Å²) in [6.45, 7) is 2.24. The molecule has 0 fully saturated rings. The zero-order chi connectivity index (χ0) is 13.8. The maximum Gasteiger partial charge on any atom is 0.255 e. The van der Waals surface area contributed by atoms with Gasteiger partial charge in [0.25, 0.3) is 5.91 Å². The quantitative estimate of drug-likeness (QED) is 0.898. The van der Waals surface area contributed by atoms with Gasteiger partial charge in [0.2, 0.25) is 0 Å². The largest absolute Gasteiger partial charge is 0.507 e. The van der Waals surface area contributed by atoms with Crippen molar-refractivity contribution in [2.75, 3.05) is 7.11 Å². The molecule has 1 aromatic carbocycles. The first-order valence-electron chi connectivity index (χ1n) is 5.66. The van der Waals surface area contributed by atoms with E-state index in [0.29, 0.717) is 12.3 Å². The summed E-state index contributed by atoms with van der Waals surface area (Å²) in [4.78, 5) is 16.2. The number of ether oxygens (including phenoxy) is 1. The number of amides is 1. The van der Waals surface area contributed by atoms with Gasteiger partial charge in [0.15, 0.2) is 0 Å². The van der Waals surface area contributed by atoms with E-state index in [4.69, 9.17) is 4.74 Å². The number of benzene rings is 1. The molecule has 1 amide bonds. The fourth-order valence-corrected chi connectivity index (χ4v) is 2.27. The molecule has 0 aliphatic heterocycles. The second kappa shape index (κ2) is 5.71. The van der Waals surface area contributed by atoms with Gasteiger partial charge in [-0.3, -0.25) is 4.79 Å². The highest BCUT2D eigenvalue weighted by atomic mass is 32.1. The molecule has 6 heteroatoms. The minimum absolute atomic E-state index is 0.0754. The van der Waals surface area contributed by atoms with Gasteiger partial charge in [-0.2, -0.15) is 0 Å². The van der Waals surface area contributed by atoms with E-state index in [1.54, 1.807) is 6.07 Å². The van der Waals surface area contributed by atoms with Crippen LogP contribution in [0.1, 0.15) is 21.1 Å². The highest BCUT2D eigenvalue weighted by Crippen LogP contribution is 2.22. The number of rotatable bonds is 4. The molecule has 0 unspecified atom stereocenters. The zero-order valence-electron chi connectivity index (χ0n) is 10.6. The van der Waals surface area contributed by atoms with Gasteiger partial charge in [-0.15, -0.1) is 11.3 Å². The number of aromatic nitrogens is 1. The fourth-order valence-electron chi connectivity index (χ4n) is 1.56. The van der Waals surface area contributed by atoms with E-state index in [1.807, 2.05) is 12.3 Å². The summed E-state index contributed by atoms with van der Waals surface area (Å²) in [5.74, 6) is 0.0888. The van der Waals surface area contributed by atoms with Crippen LogP contribution in [0, 0.1) is 6.92 Å². The van der Waals surface area contributed by atoms with Crippen LogP contribution < -0.4 is 10.1 Å². The molecular weight excluding hydrogens is 264 g/mol. The van der Waals surface area contributed by atoms with E-state index in [2.05, 4.69) is 10.3 Å². The fraction of sp³-hybridized carbons (Fsp3) is 0.231. The number of carbonyl (C=O) groups is 1. The van der Waals surface area contributed by atoms with Crippen molar-refractivity contribution in [3.63, 3.8) is 0 Å². The van der Waals surface area contributed by atoms with Crippen LogP contribution in [-0.2, 0) is 6.54 Å². The van der Waals surface area contributed by atoms with Crippen molar-refractivity contribution < 1.29 is 14.6 Å². The van der Waals surface area contributed by atoms with Crippen LogP contribution in [0.4, 0.5) is 0 Å². The van der Waals surface area contributed by atoms with Crippen LogP contribution in [0.15, 0.2) is 23.6 Å². The van der Waals surface area contributed by atoms with Gasteiger partial charge < -0.3 is 15.2 Å². The minimum atomic E-state index is -0.357. The molecule has 100 valence electrons. The number of carbonyl (C=O) groups excluding carboxylic acids is 1. The number of aromatic hydroxyl groups is 1. The Balaban J connectivity index is 2.07. The van der Waals surface area contributed by atoms with Crippen LogP contribution in [0.5, 0.6) is 11.5 Å². The predicted molar refractivity (Wildman–Crippen MR) is 72.7 cm³/mol. The predicted octanol–water partition coefficient (Wildman–Crippen LogP) is 2.10. The molecule has 19 heavy (non-hydrogen) atoms. The summed E-state index contributed by atoms with van der Waals surface area (Å²) in [5, 5.41) is 15.1. The smallest absolute Gasteiger partial charge is 0.255 e. The Kier molecular flexibility index (Phi) is 4.01. The van der Waals surface area contributed by atoms with E-state index in [-0.39, 0.29) is 17.2 Å². The first-order valence-corrected chi connectivity index (χ1v) is 6.54. The number of methoxy groups -OCH3 is 1. The molecule has 0 aliphatic rings. The molecule has 0 spiro atoms. The molecule has 5 nitrogen and oxygen atoms in total. The molecule has 0 aliphatic carbocycles. The number of phenols is 1. The summed E-state index contributed by atoms with van der Waals surface area (Å²) in [6.07, 6.45) is 0. The molecule has 2 rings (SSSR count). The Morgan fingerprint density at radius 1 is 1.53 bits per heavy atom. The van der Waals surface area contributed by atoms with Crippen LogP contribution in [-0.4, -0.2) is 23.1 Å². The Morgan fingerprint density at radius 2 is 2.32 bits per heavy atom. The SMILES string of the molecule is COc1ccc(O)c(C(=O)NCc2nc(C)cs2)c1. The van der Waals surface area contributed by atoms with Crippen LogP contribution >= 0.6 is 11.3 Å². The lowest BCUT2D eigenvalue weighted by molar-refractivity contribution is 0.0948. The van der Waals surface area contributed by atoms with E-state index in [1.165, 1.54) is 30.6 Å². The van der Waals surface area contributed by atoms with E-state index >= 15 is 0 Å². The Bertz CT molecular complexity index is 595. The zero-order valence-corrected chi connectivity index (χ0v) is 11.5. The number of thiazole rings is 1. The summed E-state index contributed by atoms with van der Waals surface area (Å²) >= 11 is 1.49. The van der Waals surface area contributed by atoms with Crippen molar-refractivity contribution in [3.05, 3.63) is 39.8 Å². The topological polar surface area (TPSA) is 71.5 Å². The third-order valence-electron chi connectivity index (χ3n) is 2.52. The number of aryl methyl sites for hydroxylation is 1. The standard InChI is InChI=1S/C13H14N2O3S/c1-8-7-19-12(15-8)6-14-13(17)10-5-9(18-2)3-4-11(10)16/h3-5,7,16H,6H2,1-2H3,(H,14,17). The summed E-state index contributed by atoms with van der Waals surface area (Å²) < 4.78 is 5.02. The van der Waals surface area contributed by atoms with E-state index < -0.39 is 0 Å². The molecule has 0 bridgehead atoms. The lowest BCUT2D eigenvalue weighted by Gasteiger charge is -2.07. The third kappa shape index (κ3) is 3.23. The number of hydrogen-bond donors (Lipinski definition) is 2. The number of phenolic OH excluding ortho intramolecular Hbond substituents is 1. The maximum absolute atomic E-state index is 12.0. The number of hydrogen-bond acceptors (Lipinski definition) is 5. The van der Waals surface area contributed by atoms with E-state index in [9.17, 15) is 9.90 Å². The lowest BCUT2D eigenvalue weighted by atomic mass is 10.2. The third-order valence-corrected chi connectivity index (χ3v) is 3.48. The van der Waals surface area contributed by atoms with Crippen molar-refractivity contribution in [1.29, 1.82) is 0 Å². The molecule has 0 radical (unpaired) electrons. The van der Waals surface area contributed by atoms with Gasteiger partial charge in [-0.1, -0.05) is 0 Å². The number of nitrogens with zero attached hydrogens (tertiary/aromatic N) is 1. The summed E-state index contributed by atoms with van der Waals surface area (Å²) in [7, 11) is 1.51. The normalized spacial score (nSPS) is 10.2. The van der Waals surface area contributed by atoms with Crippen LogP contribution in [0.2, 0.25) is 0 Å². The van der Waals surface area contributed by atoms with Crippen molar-refractivity contribution in [2.24, 2.45) is 0 Å². The highest BCUT2D eigenvalue weighted by molar-refractivity contribution is 7.09. The van der Waals surface area contributed by atoms with Gasteiger partial charge in [-0.25, -0.2) is 4.98 Å². The molecule has 0 saturated heterocycles. The van der Waals surface area contributed by atoms with Gasteiger partial charge >= 0.3 is 0 Å². The van der Waals surface area contributed by atoms with Gasteiger partial charge in [0, 0.05) is 11.1 Å². The first kappa shape index (κ1) is 13.4. The van der Waals surface area contributed by atoms with Gasteiger partial charge in [0.1, 0.15) is 16.5 Å². The highest BCUT2D eigenvalue weighted by Gasteiger charge is 2.12. The molecular formula is C13H14N2O3S. The minimum Gasteiger partial charge on any atom is -0.507 e. The van der Waals surface area contributed by atoms with Gasteiger partial charge in [0.05, 0.1) is 19.2 Å². The molecule has 0 atom stereocenters. The average molecular weight is 278 g/mol. The molecule has 0 saturated carbocycles. The Labute approximate surface area is 114 Å². The monoisotopic (exact) mass is 278 g/mol. The van der Waals surface area contributed by atoms with Crippen molar-refractivity contribution in [3.8, 4) is 11.5 Å². The summed E-state index contributed by atoms with van der Waals surface area (Å²) in [6, 6.07) is 4.52. The van der Waals surface area contributed by atoms with E-state index in [0.717, 1.165) is 10.7 Å². The van der Waals surface area contributed by atoms with Crippen LogP contribution in [0.25, 0.3) is 0 Å². The van der Waals surface area contributed by atoms with Crippen molar-refractivity contribution >= 4 is 17.2 Å². The van der Waals surface area contributed by atoms with Gasteiger partial charge in [-0.05, 0) is 25.1 Å². The second-order valence-corrected chi connectivity index (χ2v) is 4.89. The molecule has 1 heterocycles. The average Bonchev–Trinajstić information content (AvgIpc) is 2.82. The molecule has 1 aromatic heterocycles. The van der Waals surface area contributed by atoms with Crippen molar-refractivity contribution in [2.45, 2.75) is 13.5 Å². The van der Waals surface area contributed by atoms with Crippen LogP contribution in [0.3, 0.4) is 0 Å². The second-order valence-electron chi connectivity index (χ2n) is 3.95. The lowest BCUT2D eigenvalue weighted by Crippen LogP contribution is -2.22. The summed E-state index contributed by atoms with van der Waals surface area (Å²) in [5.41, 5.74) is 1.12. The molecule has 2 N–H and O–H groups in total. The first-order chi connectivity index (χ1) is 9.10. The maximum atomic E-state index is 12.0. The Hall–Kier alpha value is -2.08. The Morgan fingerprint density at radius 3 is 2.95 bits per heavy atom. The van der Waals surface area contributed by atoms with Crippen molar-refractivity contribution in [1.82, 2.24) is 10.3 Å². The number of nitrogens with one attached hydrogen (secondary N) is 1. The molecule has 2 aromatic rings.